The molecule has 2 saturated heterocycles. The first-order valence-electron chi connectivity index (χ1n) is 8.55. The number of aromatic nitrogens is 3. The highest BCUT2D eigenvalue weighted by molar-refractivity contribution is 5.94. The summed E-state index contributed by atoms with van der Waals surface area (Å²) in [5.74, 6) is 1.35. The highest BCUT2D eigenvalue weighted by Gasteiger charge is 2.45. The summed E-state index contributed by atoms with van der Waals surface area (Å²) in [5.41, 5.74) is 1.55. The lowest BCUT2D eigenvalue weighted by molar-refractivity contribution is 0.0680. The minimum absolute atomic E-state index is 0.0311. The van der Waals surface area contributed by atoms with Gasteiger partial charge in [0.1, 0.15) is 0 Å². The lowest BCUT2D eigenvalue weighted by Crippen LogP contribution is -2.32. The minimum Gasteiger partial charge on any atom is -0.376 e. The predicted octanol–water partition coefficient (Wildman–Crippen LogP) is 1.38. The molecule has 1 amide bonds. The van der Waals surface area contributed by atoms with Crippen molar-refractivity contribution < 1.29 is 9.53 Å². The van der Waals surface area contributed by atoms with E-state index in [2.05, 4.69) is 20.3 Å². The van der Waals surface area contributed by atoms with Gasteiger partial charge in [-0.25, -0.2) is 9.97 Å². The van der Waals surface area contributed by atoms with E-state index in [1.54, 1.807) is 24.7 Å². The molecule has 130 valence electrons. The fourth-order valence-corrected chi connectivity index (χ4v) is 3.56. The largest absolute Gasteiger partial charge is 0.376 e. The molecule has 7 heteroatoms. The molecule has 2 aromatic rings. The SMILES string of the molecule is Cc1ccc(C(=O)N2C[C@@H]3[C@@H](CNc4ncccn4)CO[C@@H]3C2)cn1. The number of hydrogen-bond donors (Lipinski definition) is 1. The van der Waals surface area contributed by atoms with Crippen LogP contribution in [0, 0.1) is 18.8 Å². The van der Waals surface area contributed by atoms with Crippen LogP contribution in [0.1, 0.15) is 16.1 Å². The van der Waals surface area contributed by atoms with Crippen molar-refractivity contribution in [3.8, 4) is 0 Å². The first kappa shape index (κ1) is 16.0. The molecule has 4 heterocycles. The maximum absolute atomic E-state index is 12.7. The second kappa shape index (κ2) is 6.76. The molecule has 0 radical (unpaired) electrons. The monoisotopic (exact) mass is 339 g/mol. The third-order valence-electron chi connectivity index (χ3n) is 4.97. The Hall–Kier alpha value is -2.54. The first-order valence-corrected chi connectivity index (χ1v) is 8.55. The van der Waals surface area contributed by atoms with Crippen molar-refractivity contribution in [1.82, 2.24) is 19.9 Å². The van der Waals surface area contributed by atoms with Gasteiger partial charge in [-0.15, -0.1) is 0 Å². The number of pyridine rings is 1. The average Bonchev–Trinajstić information content (AvgIpc) is 3.22. The van der Waals surface area contributed by atoms with Gasteiger partial charge in [0.2, 0.25) is 5.95 Å². The summed E-state index contributed by atoms with van der Waals surface area (Å²) in [7, 11) is 0. The molecule has 3 atom stereocenters. The van der Waals surface area contributed by atoms with E-state index in [4.69, 9.17) is 4.74 Å². The van der Waals surface area contributed by atoms with Gasteiger partial charge in [0.05, 0.1) is 18.3 Å². The number of rotatable bonds is 4. The molecule has 0 saturated carbocycles. The van der Waals surface area contributed by atoms with Crippen LogP contribution in [0.2, 0.25) is 0 Å². The molecule has 0 aliphatic carbocycles. The molecule has 4 rings (SSSR count). The Morgan fingerprint density at radius 1 is 1.28 bits per heavy atom. The van der Waals surface area contributed by atoms with Gasteiger partial charge in [-0.05, 0) is 25.1 Å². The third-order valence-corrected chi connectivity index (χ3v) is 4.97. The Kier molecular flexibility index (Phi) is 4.31. The van der Waals surface area contributed by atoms with Crippen LogP contribution in [0.3, 0.4) is 0 Å². The number of carbonyl (C=O) groups excluding carboxylic acids is 1. The summed E-state index contributed by atoms with van der Waals surface area (Å²) >= 11 is 0. The molecular formula is C18H21N5O2. The van der Waals surface area contributed by atoms with E-state index in [-0.39, 0.29) is 12.0 Å². The molecule has 2 aliphatic rings. The molecule has 2 aliphatic heterocycles. The fourth-order valence-electron chi connectivity index (χ4n) is 3.56. The highest BCUT2D eigenvalue weighted by Crippen LogP contribution is 2.34. The first-order chi connectivity index (χ1) is 12.2. The van der Waals surface area contributed by atoms with Crippen LogP contribution in [0.5, 0.6) is 0 Å². The van der Waals surface area contributed by atoms with Crippen molar-refractivity contribution in [2.45, 2.75) is 13.0 Å². The second-order valence-electron chi connectivity index (χ2n) is 6.65. The Morgan fingerprint density at radius 2 is 2.12 bits per heavy atom. The van der Waals surface area contributed by atoms with Gasteiger partial charge in [-0.2, -0.15) is 0 Å². The zero-order valence-corrected chi connectivity index (χ0v) is 14.1. The van der Waals surface area contributed by atoms with Gasteiger partial charge in [0.15, 0.2) is 0 Å². The van der Waals surface area contributed by atoms with Crippen LogP contribution in [0.4, 0.5) is 5.95 Å². The molecule has 2 aromatic heterocycles. The van der Waals surface area contributed by atoms with Crippen molar-refractivity contribution in [2.75, 3.05) is 31.6 Å². The van der Waals surface area contributed by atoms with E-state index in [0.717, 1.165) is 18.8 Å². The van der Waals surface area contributed by atoms with Gasteiger partial charge in [-0.3, -0.25) is 9.78 Å². The molecule has 0 aromatic carbocycles. The number of anilines is 1. The van der Waals surface area contributed by atoms with Gasteiger partial charge in [0, 0.05) is 55.8 Å². The smallest absolute Gasteiger partial charge is 0.255 e. The van der Waals surface area contributed by atoms with Crippen LogP contribution in [-0.2, 0) is 4.74 Å². The van der Waals surface area contributed by atoms with Gasteiger partial charge in [0.25, 0.3) is 5.91 Å². The summed E-state index contributed by atoms with van der Waals surface area (Å²) in [6, 6.07) is 5.50. The zero-order chi connectivity index (χ0) is 17.2. The number of amides is 1. The number of carbonyl (C=O) groups is 1. The van der Waals surface area contributed by atoms with E-state index >= 15 is 0 Å². The Labute approximate surface area is 146 Å². The van der Waals surface area contributed by atoms with Crippen LogP contribution in [-0.4, -0.2) is 58.1 Å². The standard InChI is InChI=1S/C18H21N5O2/c1-12-3-4-13(7-21-12)17(24)23-9-15-14(11-25-16(15)10-23)8-22-18-19-5-2-6-20-18/h2-7,14-16H,8-11H2,1H3,(H,19,20,22)/t14-,15+,16+/m0/s1. The number of ether oxygens (including phenoxy) is 1. The summed E-state index contributed by atoms with van der Waals surface area (Å²) in [5, 5.41) is 3.27. The molecule has 0 spiro atoms. The number of nitrogens with zero attached hydrogens (tertiary/aromatic N) is 4. The van der Waals surface area contributed by atoms with E-state index in [1.807, 2.05) is 24.0 Å². The minimum atomic E-state index is 0.0311. The Morgan fingerprint density at radius 3 is 2.88 bits per heavy atom. The topological polar surface area (TPSA) is 80.2 Å². The van der Waals surface area contributed by atoms with Crippen LogP contribution < -0.4 is 5.32 Å². The predicted molar refractivity (Wildman–Crippen MR) is 92.1 cm³/mol. The van der Waals surface area contributed by atoms with Gasteiger partial charge >= 0.3 is 0 Å². The lowest BCUT2D eigenvalue weighted by atomic mass is 9.93. The molecule has 0 unspecified atom stereocenters. The molecule has 25 heavy (non-hydrogen) atoms. The Bertz CT molecular complexity index is 737. The Balaban J connectivity index is 1.37. The van der Waals surface area contributed by atoms with Crippen molar-refractivity contribution in [1.29, 1.82) is 0 Å². The molecule has 0 bridgehead atoms. The van der Waals surface area contributed by atoms with Crippen LogP contribution >= 0.6 is 0 Å². The number of fused-ring (bicyclic) bond motifs is 1. The van der Waals surface area contributed by atoms with E-state index < -0.39 is 0 Å². The van der Waals surface area contributed by atoms with Crippen molar-refractivity contribution in [2.24, 2.45) is 11.8 Å². The summed E-state index contributed by atoms with van der Waals surface area (Å²) < 4.78 is 5.92. The molecule has 2 fully saturated rings. The molecule has 7 nitrogen and oxygen atoms in total. The van der Waals surface area contributed by atoms with Crippen LogP contribution in [0.25, 0.3) is 0 Å². The number of hydrogen-bond acceptors (Lipinski definition) is 6. The van der Waals surface area contributed by atoms with Crippen molar-refractivity contribution in [3.63, 3.8) is 0 Å². The number of aryl methyl sites for hydroxylation is 1. The highest BCUT2D eigenvalue weighted by atomic mass is 16.5. The number of nitrogens with one attached hydrogen (secondary N) is 1. The summed E-state index contributed by atoms with van der Waals surface area (Å²) in [4.78, 5) is 27.1. The molecular weight excluding hydrogens is 318 g/mol. The average molecular weight is 339 g/mol. The zero-order valence-electron chi connectivity index (χ0n) is 14.1. The lowest BCUT2D eigenvalue weighted by Gasteiger charge is -2.20. The quantitative estimate of drug-likeness (QED) is 0.906. The van der Waals surface area contributed by atoms with E-state index in [1.165, 1.54) is 0 Å². The maximum Gasteiger partial charge on any atom is 0.255 e. The number of likely N-dealkylation sites (tertiary alicyclic amines) is 1. The van der Waals surface area contributed by atoms with E-state index in [9.17, 15) is 4.79 Å². The van der Waals surface area contributed by atoms with Crippen LogP contribution in [0.15, 0.2) is 36.8 Å². The van der Waals surface area contributed by atoms with Gasteiger partial charge < -0.3 is 15.0 Å². The van der Waals surface area contributed by atoms with Crippen molar-refractivity contribution >= 4 is 11.9 Å². The third kappa shape index (κ3) is 3.32. The van der Waals surface area contributed by atoms with Gasteiger partial charge in [-0.1, -0.05) is 0 Å². The molecule has 1 N–H and O–H groups in total. The fraction of sp³-hybridized carbons (Fsp3) is 0.444. The summed E-state index contributed by atoms with van der Waals surface area (Å²) in [6.07, 6.45) is 5.20. The van der Waals surface area contributed by atoms with E-state index in [0.29, 0.717) is 36.5 Å². The normalized spacial score (nSPS) is 25.0. The van der Waals surface area contributed by atoms with Crippen molar-refractivity contribution in [3.05, 3.63) is 48.0 Å². The second-order valence-corrected chi connectivity index (χ2v) is 6.65. The summed E-state index contributed by atoms with van der Waals surface area (Å²) in [6.45, 7) is 4.74. The maximum atomic E-state index is 12.7.